The molecule has 0 unspecified atom stereocenters. The summed E-state index contributed by atoms with van der Waals surface area (Å²) in [7, 11) is -3.13. The van der Waals surface area contributed by atoms with Crippen LogP contribution < -0.4 is 0 Å². The lowest BCUT2D eigenvalue weighted by Gasteiger charge is -2.15. The molecule has 19 heavy (non-hydrogen) atoms. The first-order chi connectivity index (χ1) is 9.08. The molecule has 0 radical (unpaired) electrons. The van der Waals surface area contributed by atoms with E-state index in [9.17, 15) is 0 Å². The summed E-state index contributed by atoms with van der Waals surface area (Å²) in [5.74, 6) is 1.04. The van der Waals surface area contributed by atoms with Crippen molar-refractivity contribution in [3.05, 3.63) is 0 Å². The molecule has 0 amide bonds. The lowest BCUT2D eigenvalue weighted by molar-refractivity contribution is 0.377. The largest absolute Gasteiger partial charge is 0.326 e. The number of unbranched alkanes of at least 4 members (excludes halogenated alkanes) is 5. The topological polar surface area (TPSA) is 57.5 Å². The first kappa shape index (κ1) is 21.4. The Morgan fingerprint density at radius 3 is 1.47 bits per heavy atom. The van der Waals surface area contributed by atoms with Gasteiger partial charge in [0.2, 0.25) is 0 Å². The predicted molar refractivity (Wildman–Crippen MR) is 84.7 cm³/mol. The Balaban J connectivity index is 0. The molecule has 0 fully saturated rings. The molecule has 0 saturated carbocycles. The van der Waals surface area contributed by atoms with Crippen molar-refractivity contribution in [2.75, 3.05) is 0 Å². The van der Waals surface area contributed by atoms with Crippen LogP contribution in [0, 0.1) is 5.92 Å². The fraction of sp³-hybridized carbons (Fsp3) is 1.00. The van der Waals surface area contributed by atoms with Gasteiger partial charge in [-0.2, -0.15) is 0 Å². The van der Waals surface area contributed by atoms with E-state index >= 15 is 0 Å². The summed E-state index contributed by atoms with van der Waals surface area (Å²) < 4.78 is 8.74. The number of hydrogen-bond acceptors (Lipinski definition) is 1. The van der Waals surface area contributed by atoms with E-state index in [0.717, 1.165) is 5.92 Å². The van der Waals surface area contributed by atoms with E-state index in [4.69, 9.17) is 14.4 Å². The second kappa shape index (κ2) is 18.1. The monoisotopic (exact) mass is 294 g/mol. The van der Waals surface area contributed by atoms with Gasteiger partial charge in [0.1, 0.15) is 0 Å². The molecule has 0 spiro atoms. The van der Waals surface area contributed by atoms with Crippen LogP contribution >= 0.6 is 8.25 Å². The van der Waals surface area contributed by atoms with Crippen LogP contribution in [0.3, 0.4) is 0 Å². The molecule has 0 aliphatic carbocycles. The summed E-state index contributed by atoms with van der Waals surface area (Å²) in [4.78, 5) is 14.3. The first-order valence-electron chi connectivity index (χ1n) is 8.00. The highest BCUT2D eigenvalue weighted by atomic mass is 31.1. The summed E-state index contributed by atoms with van der Waals surface area (Å²) in [5.41, 5.74) is 0. The minimum absolute atomic E-state index is 1.04. The lowest BCUT2D eigenvalue weighted by atomic mass is 9.91. The molecule has 118 valence electrons. The van der Waals surface area contributed by atoms with E-state index in [1.807, 2.05) is 0 Å². The molecule has 0 aromatic carbocycles. The molecule has 0 rings (SSSR count). The van der Waals surface area contributed by atoms with Crippen LogP contribution in [-0.2, 0) is 4.57 Å². The van der Waals surface area contributed by atoms with Gasteiger partial charge in [-0.1, -0.05) is 91.4 Å². The van der Waals surface area contributed by atoms with Crippen molar-refractivity contribution in [2.45, 2.75) is 91.4 Å². The van der Waals surface area contributed by atoms with Crippen LogP contribution in [0.1, 0.15) is 91.4 Å². The molecule has 0 aliphatic heterocycles. The highest BCUT2D eigenvalue weighted by Crippen LogP contribution is 2.22. The minimum Gasteiger partial charge on any atom is -0.326 e. The Kier molecular flexibility index (Phi) is 20.5. The Labute approximate surface area is 120 Å². The Morgan fingerprint density at radius 1 is 0.737 bits per heavy atom. The summed E-state index contributed by atoms with van der Waals surface area (Å²) in [6.45, 7) is 6.92. The van der Waals surface area contributed by atoms with Crippen molar-refractivity contribution in [3.8, 4) is 0 Å². The van der Waals surface area contributed by atoms with Crippen molar-refractivity contribution in [1.82, 2.24) is 0 Å². The second-order valence-corrected chi connectivity index (χ2v) is 5.85. The molecular formula is C15H35O3P. The van der Waals surface area contributed by atoms with E-state index in [1.54, 1.807) is 0 Å². The number of rotatable bonds is 11. The Morgan fingerprint density at radius 2 is 1.11 bits per heavy atom. The molecule has 0 aliphatic rings. The van der Waals surface area contributed by atoms with E-state index < -0.39 is 8.25 Å². The molecule has 0 aromatic rings. The standard InChI is InChI=1S/C15H32.H3O3P/c1-4-7-10-11-14-15(12-8-5-2)13-9-6-3;1-4(2)3/h15H,4-14H2,1-3H3;4H,(H2,1,2,3). The van der Waals surface area contributed by atoms with Crippen LogP contribution in [0.2, 0.25) is 0 Å². The zero-order valence-corrected chi connectivity index (χ0v) is 14.2. The molecular weight excluding hydrogens is 259 g/mol. The maximum atomic E-state index is 8.74. The quantitative estimate of drug-likeness (QED) is 0.401. The Bertz CT molecular complexity index is 174. The van der Waals surface area contributed by atoms with Gasteiger partial charge in [0.05, 0.1) is 0 Å². The van der Waals surface area contributed by atoms with E-state index in [-0.39, 0.29) is 0 Å². The van der Waals surface area contributed by atoms with E-state index in [2.05, 4.69) is 20.8 Å². The van der Waals surface area contributed by atoms with Crippen molar-refractivity contribution in [1.29, 1.82) is 0 Å². The van der Waals surface area contributed by atoms with Gasteiger partial charge in [-0.15, -0.1) is 0 Å². The van der Waals surface area contributed by atoms with Crippen LogP contribution in [0.25, 0.3) is 0 Å². The van der Waals surface area contributed by atoms with Crippen LogP contribution in [0.15, 0.2) is 0 Å². The molecule has 4 heteroatoms. The zero-order chi connectivity index (χ0) is 14.9. The predicted octanol–water partition coefficient (Wildman–Crippen LogP) is 5.31. The minimum atomic E-state index is -3.13. The van der Waals surface area contributed by atoms with Gasteiger partial charge in [0.25, 0.3) is 0 Å². The number of hydrogen-bond donors (Lipinski definition) is 2. The van der Waals surface area contributed by atoms with Crippen molar-refractivity contribution in [2.24, 2.45) is 5.92 Å². The third-order valence-electron chi connectivity index (χ3n) is 3.40. The molecule has 0 aromatic heterocycles. The molecule has 0 saturated heterocycles. The van der Waals surface area contributed by atoms with Crippen LogP contribution in [-0.4, -0.2) is 9.79 Å². The Hall–Kier alpha value is 0.150. The molecule has 0 atom stereocenters. The summed E-state index contributed by atoms with van der Waals surface area (Å²) in [5, 5.41) is 0. The highest BCUT2D eigenvalue weighted by molar-refractivity contribution is 7.30. The normalized spacial score (nSPS) is 10.7. The summed E-state index contributed by atoms with van der Waals surface area (Å²) in [6, 6.07) is 0. The first-order valence-corrected chi connectivity index (χ1v) is 9.30. The van der Waals surface area contributed by atoms with Gasteiger partial charge in [-0.05, 0) is 5.92 Å². The maximum absolute atomic E-state index is 8.74. The second-order valence-electron chi connectivity index (χ2n) is 5.28. The SMILES string of the molecule is CCCCCCC(CCCC)CCCC.O=[PH](O)O. The maximum Gasteiger partial charge on any atom is 0.314 e. The molecule has 0 heterocycles. The van der Waals surface area contributed by atoms with Crippen LogP contribution in [0.4, 0.5) is 0 Å². The van der Waals surface area contributed by atoms with Crippen molar-refractivity contribution >= 4 is 8.25 Å². The van der Waals surface area contributed by atoms with Gasteiger partial charge in [0, 0.05) is 0 Å². The van der Waals surface area contributed by atoms with Gasteiger partial charge in [-0.25, -0.2) is 0 Å². The average molecular weight is 294 g/mol. The summed E-state index contributed by atoms with van der Waals surface area (Å²) >= 11 is 0. The van der Waals surface area contributed by atoms with Gasteiger partial charge < -0.3 is 9.79 Å². The lowest BCUT2D eigenvalue weighted by Crippen LogP contribution is -2.00. The average Bonchev–Trinajstić information content (AvgIpc) is 2.36. The fourth-order valence-electron chi connectivity index (χ4n) is 2.28. The van der Waals surface area contributed by atoms with Crippen molar-refractivity contribution in [3.63, 3.8) is 0 Å². The van der Waals surface area contributed by atoms with Crippen molar-refractivity contribution < 1.29 is 14.4 Å². The highest BCUT2D eigenvalue weighted by Gasteiger charge is 2.07. The van der Waals surface area contributed by atoms with Gasteiger partial charge in [-0.3, -0.25) is 4.57 Å². The van der Waals surface area contributed by atoms with E-state index in [1.165, 1.54) is 70.6 Å². The molecule has 3 nitrogen and oxygen atoms in total. The van der Waals surface area contributed by atoms with Gasteiger partial charge >= 0.3 is 8.25 Å². The smallest absolute Gasteiger partial charge is 0.314 e. The molecule has 2 N–H and O–H groups in total. The zero-order valence-electron chi connectivity index (χ0n) is 13.2. The van der Waals surface area contributed by atoms with E-state index in [0.29, 0.717) is 0 Å². The fourth-order valence-corrected chi connectivity index (χ4v) is 2.28. The third kappa shape index (κ3) is 23.6. The molecule has 0 bridgehead atoms. The third-order valence-corrected chi connectivity index (χ3v) is 3.40. The van der Waals surface area contributed by atoms with Crippen LogP contribution in [0.5, 0.6) is 0 Å². The summed E-state index contributed by atoms with van der Waals surface area (Å²) in [6.07, 6.45) is 15.9. The van der Waals surface area contributed by atoms with Gasteiger partial charge in [0.15, 0.2) is 0 Å².